The maximum absolute atomic E-state index is 13.7. The van der Waals surface area contributed by atoms with Crippen molar-refractivity contribution >= 4 is 23.2 Å². The van der Waals surface area contributed by atoms with Crippen LogP contribution in [0.15, 0.2) is 22.7 Å². The molecule has 7 heteroatoms. The van der Waals surface area contributed by atoms with Crippen LogP contribution in [0.5, 0.6) is 0 Å². The number of hydrogen-bond acceptors (Lipinski definition) is 4. The molecule has 1 fully saturated rings. The highest BCUT2D eigenvalue weighted by molar-refractivity contribution is 6.35. The third-order valence-electron chi connectivity index (χ3n) is 3.57. The van der Waals surface area contributed by atoms with Gasteiger partial charge >= 0.3 is 0 Å². The number of nitrogens with zero attached hydrogens (tertiary/aromatic N) is 2. The monoisotopic (exact) mass is 344 g/mol. The molecule has 1 aromatic carbocycles. The highest BCUT2D eigenvalue weighted by atomic mass is 35.5. The number of morpholine rings is 1. The molecule has 1 saturated heterocycles. The molecule has 2 heterocycles. The van der Waals surface area contributed by atoms with E-state index in [2.05, 4.69) is 9.88 Å². The van der Waals surface area contributed by atoms with Crippen molar-refractivity contribution < 1.29 is 13.5 Å². The van der Waals surface area contributed by atoms with E-state index in [4.69, 9.17) is 32.4 Å². The lowest BCUT2D eigenvalue weighted by Crippen LogP contribution is -2.38. The molecule has 0 saturated carbocycles. The molecule has 1 atom stereocenters. The molecule has 0 spiro atoms. The van der Waals surface area contributed by atoms with Crippen molar-refractivity contribution in [3.8, 4) is 0 Å². The van der Waals surface area contributed by atoms with Gasteiger partial charge in [0.15, 0.2) is 0 Å². The maximum Gasteiger partial charge on any atom is 0.208 e. The van der Waals surface area contributed by atoms with E-state index in [0.717, 1.165) is 12.3 Å². The molecule has 1 aliphatic heterocycles. The van der Waals surface area contributed by atoms with Crippen molar-refractivity contribution in [3.63, 3.8) is 0 Å². The van der Waals surface area contributed by atoms with Crippen LogP contribution in [0, 0.1) is 12.7 Å². The Bertz CT molecular complexity index is 678. The van der Waals surface area contributed by atoms with Crippen molar-refractivity contribution in [1.82, 2.24) is 9.88 Å². The molecule has 4 nitrogen and oxygen atoms in total. The predicted octanol–water partition coefficient (Wildman–Crippen LogP) is 4.00. The summed E-state index contributed by atoms with van der Waals surface area (Å²) < 4.78 is 24.9. The fourth-order valence-electron chi connectivity index (χ4n) is 2.48. The molecule has 2 aromatic rings. The second-order valence-corrected chi connectivity index (χ2v) is 6.06. The van der Waals surface area contributed by atoms with Gasteiger partial charge in [0.05, 0.1) is 30.5 Å². The Morgan fingerprint density at radius 3 is 2.91 bits per heavy atom. The van der Waals surface area contributed by atoms with Gasteiger partial charge in [-0.1, -0.05) is 23.2 Å². The van der Waals surface area contributed by atoms with Gasteiger partial charge in [-0.25, -0.2) is 9.37 Å². The van der Waals surface area contributed by atoms with Crippen LogP contribution in [0.2, 0.25) is 10.0 Å². The van der Waals surface area contributed by atoms with Crippen molar-refractivity contribution in [3.05, 3.63) is 51.4 Å². The summed E-state index contributed by atoms with van der Waals surface area (Å²) >= 11 is 11.9. The summed E-state index contributed by atoms with van der Waals surface area (Å²) in [6.45, 7) is 4.31. The smallest absolute Gasteiger partial charge is 0.208 e. The standard InChI is InChI=1S/C15H15Cl2FN2O2/c1-9-6-19-15(22-9)8-20-2-3-21-14(7-20)10-4-13(18)12(17)5-11(10)16/h4-6,14H,2-3,7-8H2,1H3/t14-/m0/s1. The SMILES string of the molecule is Cc1cnc(CN2CCO[C@H](c3cc(F)c(Cl)cc3Cl)C2)o1. The zero-order valence-electron chi connectivity index (χ0n) is 12.0. The van der Waals surface area contributed by atoms with Gasteiger partial charge in [-0.05, 0) is 19.1 Å². The Morgan fingerprint density at radius 2 is 2.18 bits per heavy atom. The third kappa shape index (κ3) is 3.43. The molecule has 22 heavy (non-hydrogen) atoms. The van der Waals surface area contributed by atoms with E-state index in [-0.39, 0.29) is 11.1 Å². The van der Waals surface area contributed by atoms with Gasteiger partial charge in [0.1, 0.15) is 11.6 Å². The summed E-state index contributed by atoms with van der Waals surface area (Å²) in [6, 6.07) is 2.75. The second-order valence-electron chi connectivity index (χ2n) is 5.25. The zero-order chi connectivity index (χ0) is 15.7. The number of rotatable bonds is 3. The summed E-state index contributed by atoms with van der Waals surface area (Å²) in [4.78, 5) is 6.34. The number of oxazole rings is 1. The van der Waals surface area contributed by atoms with Crippen LogP contribution in [0.25, 0.3) is 0 Å². The van der Waals surface area contributed by atoms with Gasteiger partial charge in [0, 0.05) is 23.7 Å². The van der Waals surface area contributed by atoms with E-state index in [1.54, 1.807) is 6.20 Å². The first kappa shape index (κ1) is 15.7. The summed E-state index contributed by atoms with van der Waals surface area (Å²) in [5.41, 5.74) is 0.608. The van der Waals surface area contributed by atoms with Crippen LogP contribution in [-0.2, 0) is 11.3 Å². The fourth-order valence-corrected chi connectivity index (χ4v) is 2.99. The van der Waals surface area contributed by atoms with Crippen LogP contribution in [-0.4, -0.2) is 29.6 Å². The van der Waals surface area contributed by atoms with Gasteiger partial charge in [-0.2, -0.15) is 0 Å². The molecule has 1 aliphatic rings. The van der Waals surface area contributed by atoms with Crippen LogP contribution in [0.1, 0.15) is 23.3 Å². The van der Waals surface area contributed by atoms with Crippen molar-refractivity contribution in [2.45, 2.75) is 19.6 Å². The zero-order valence-corrected chi connectivity index (χ0v) is 13.5. The largest absolute Gasteiger partial charge is 0.445 e. The van der Waals surface area contributed by atoms with Crippen LogP contribution in [0.3, 0.4) is 0 Å². The van der Waals surface area contributed by atoms with Gasteiger partial charge < -0.3 is 9.15 Å². The molecular weight excluding hydrogens is 330 g/mol. The molecule has 0 radical (unpaired) electrons. The number of ether oxygens (including phenoxy) is 1. The Hall–Kier alpha value is -1.14. The van der Waals surface area contributed by atoms with Crippen LogP contribution < -0.4 is 0 Å². The molecule has 0 N–H and O–H groups in total. The minimum atomic E-state index is -0.495. The average Bonchev–Trinajstić information content (AvgIpc) is 2.88. The number of hydrogen-bond donors (Lipinski definition) is 0. The molecule has 1 aromatic heterocycles. The summed E-state index contributed by atoms with van der Waals surface area (Å²) in [5, 5.41) is 0.418. The topological polar surface area (TPSA) is 38.5 Å². The predicted molar refractivity (Wildman–Crippen MR) is 81.6 cm³/mol. The quantitative estimate of drug-likeness (QED) is 0.788. The summed E-state index contributed by atoms with van der Waals surface area (Å²) in [5.74, 6) is 0.944. The number of aryl methyl sites for hydroxylation is 1. The summed E-state index contributed by atoms with van der Waals surface area (Å²) in [7, 11) is 0. The second kappa shape index (κ2) is 6.54. The normalized spacial score (nSPS) is 19.5. The van der Waals surface area contributed by atoms with Gasteiger partial charge in [-0.15, -0.1) is 0 Å². The Morgan fingerprint density at radius 1 is 1.36 bits per heavy atom. The maximum atomic E-state index is 13.7. The van der Waals surface area contributed by atoms with E-state index in [9.17, 15) is 4.39 Å². The van der Waals surface area contributed by atoms with E-state index in [1.807, 2.05) is 6.92 Å². The number of benzene rings is 1. The molecule has 0 bridgehead atoms. The molecule has 3 rings (SSSR count). The lowest BCUT2D eigenvalue weighted by atomic mass is 10.1. The van der Waals surface area contributed by atoms with E-state index >= 15 is 0 Å². The molecule has 0 unspecified atom stereocenters. The van der Waals surface area contributed by atoms with Crippen LogP contribution in [0.4, 0.5) is 4.39 Å². The van der Waals surface area contributed by atoms with Gasteiger partial charge in [0.2, 0.25) is 5.89 Å². The highest BCUT2D eigenvalue weighted by Gasteiger charge is 2.25. The minimum absolute atomic E-state index is 0.0108. The van der Waals surface area contributed by atoms with E-state index < -0.39 is 5.82 Å². The van der Waals surface area contributed by atoms with E-state index in [0.29, 0.717) is 36.2 Å². The Labute approximate surface area is 137 Å². The summed E-state index contributed by atoms with van der Waals surface area (Å²) in [6.07, 6.45) is 1.39. The molecule has 0 aliphatic carbocycles. The van der Waals surface area contributed by atoms with Gasteiger partial charge in [0.25, 0.3) is 0 Å². The Balaban J connectivity index is 1.74. The van der Waals surface area contributed by atoms with Crippen LogP contribution >= 0.6 is 23.2 Å². The minimum Gasteiger partial charge on any atom is -0.445 e. The van der Waals surface area contributed by atoms with Crippen molar-refractivity contribution in [2.75, 3.05) is 19.7 Å². The number of aromatic nitrogens is 1. The fraction of sp³-hybridized carbons (Fsp3) is 0.400. The average molecular weight is 345 g/mol. The lowest BCUT2D eigenvalue weighted by molar-refractivity contribution is -0.0352. The first-order valence-corrected chi connectivity index (χ1v) is 7.68. The van der Waals surface area contributed by atoms with Gasteiger partial charge in [-0.3, -0.25) is 4.90 Å². The molecular formula is C15H15Cl2FN2O2. The molecule has 118 valence electrons. The van der Waals surface area contributed by atoms with Crippen molar-refractivity contribution in [1.29, 1.82) is 0 Å². The highest BCUT2D eigenvalue weighted by Crippen LogP contribution is 2.32. The lowest BCUT2D eigenvalue weighted by Gasteiger charge is -2.32. The number of halogens is 3. The van der Waals surface area contributed by atoms with Crippen molar-refractivity contribution in [2.24, 2.45) is 0 Å². The first-order chi connectivity index (χ1) is 10.5. The molecule has 0 amide bonds. The first-order valence-electron chi connectivity index (χ1n) is 6.92. The Kier molecular flexibility index (Phi) is 4.68. The van der Waals surface area contributed by atoms with E-state index in [1.165, 1.54) is 12.1 Å². The third-order valence-corrected chi connectivity index (χ3v) is 4.18.